The smallest absolute Gasteiger partial charge is 0.370 e. The molecule has 0 saturated heterocycles. The Morgan fingerprint density at radius 2 is 1.92 bits per heavy atom. The van der Waals surface area contributed by atoms with Gasteiger partial charge in [0.1, 0.15) is 5.82 Å². The van der Waals surface area contributed by atoms with E-state index in [9.17, 15) is 31.9 Å². The lowest BCUT2D eigenvalue weighted by atomic mass is 9.97. The van der Waals surface area contributed by atoms with Crippen LogP contribution in [0.5, 0.6) is 0 Å². The number of nitrogens with one attached hydrogen (secondary N) is 1. The van der Waals surface area contributed by atoms with Crippen molar-refractivity contribution in [2.45, 2.75) is 38.5 Å². The van der Waals surface area contributed by atoms with Crippen molar-refractivity contribution in [3.05, 3.63) is 65.0 Å². The van der Waals surface area contributed by atoms with Gasteiger partial charge in [0.05, 0.1) is 17.3 Å². The maximum absolute atomic E-state index is 14.1. The number of halogens is 4. The SMILES string of the molecule is CSCN1C(=O)[C@@H](NC(=O)[C@H](CCC(F)(F)F)CC(N)=O)N=C(c2cccc(F)c2)c2cccc(C)c21. The number of carbonyl (C=O) groups is 3. The van der Waals surface area contributed by atoms with Gasteiger partial charge in [-0.3, -0.25) is 19.3 Å². The third-order valence-corrected chi connectivity index (χ3v) is 6.27. The molecule has 2 aromatic rings. The van der Waals surface area contributed by atoms with Crippen LogP contribution in [-0.2, 0) is 14.4 Å². The Bertz CT molecular complexity index is 1220. The van der Waals surface area contributed by atoms with Crippen molar-refractivity contribution in [3.63, 3.8) is 0 Å². The molecule has 7 nitrogen and oxygen atoms in total. The molecule has 2 atom stereocenters. The van der Waals surface area contributed by atoms with E-state index in [1.54, 1.807) is 37.4 Å². The average Bonchev–Trinajstić information content (AvgIpc) is 2.92. The zero-order valence-corrected chi connectivity index (χ0v) is 21.0. The number of nitrogens with two attached hydrogens (primary N) is 1. The van der Waals surface area contributed by atoms with Gasteiger partial charge in [-0.1, -0.05) is 30.3 Å². The quantitative estimate of drug-likeness (QED) is 0.473. The first-order valence-corrected chi connectivity index (χ1v) is 12.7. The number of amides is 3. The highest BCUT2D eigenvalue weighted by molar-refractivity contribution is 7.98. The van der Waals surface area contributed by atoms with Crippen LogP contribution in [0.25, 0.3) is 0 Å². The third-order valence-electron chi connectivity index (χ3n) is 5.75. The number of rotatable bonds is 9. The van der Waals surface area contributed by atoms with Crippen LogP contribution < -0.4 is 16.0 Å². The molecule has 0 fully saturated rings. The molecular weight excluding hydrogens is 512 g/mol. The van der Waals surface area contributed by atoms with Crippen LogP contribution in [0.2, 0.25) is 0 Å². The van der Waals surface area contributed by atoms with Gasteiger partial charge >= 0.3 is 6.18 Å². The fraction of sp³-hybridized carbons (Fsp3) is 0.360. The molecule has 1 aliphatic rings. The number of aryl methyl sites for hydroxylation is 1. The first-order chi connectivity index (χ1) is 17.4. The Labute approximate surface area is 215 Å². The van der Waals surface area contributed by atoms with E-state index in [0.29, 0.717) is 16.8 Å². The zero-order chi connectivity index (χ0) is 27.3. The standard InChI is InChI=1S/C25H26F4N4O3S/c1-14-5-3-8-18-20(15-6-4-7-17(26)11-15)31-22(24(36)33(13-37-2)21(14)18)32-23(35)16(12-19(30)34)9-10-25(27,28)29/h3-8,11,16,22H,9-10,12-13H2,1-2H3,(H2,30,34)(H,32,35)/t16-,22-/m1/s1. The summed E-state index contributed by atoms with van der Waals surface area (Å²) in [6.07, 6.45) is -6.93. The first-order valence-electron chi connectivity index (χ1n) is 11.3. The van der Waals surface area contributed by atoms with Crippen molar-refractivity contribution in [3.8, 4) is 0 Å². The number of primary amides is 1. The van der Waals surface area contributed by atoms with Crippen molar-refractivity contribution in [2.75, 3.05) is 17.0 Å². The van der Waals surface area contributed by atoms with E-state index in [1.807, 2.05) is 0 Å². The van der Waals surface area contributed by atoms with Crippen LogP contribution in [-0.4, -0.2) is 47.9 Å². The number of fused-ring (bicyclic) bond motifs is 1. The summed E-state index contributed by atoms with van der Waals surface area (Å²) in [5, 5.41) is 2.41. The summed E-state index contributed by atoms with van der Waals surface area (Å²) in [4.78, 5) is 44.0. The van der Waals surface area contributed by atoms with Crippen molar-refractivity contribution in [1.29, 1.82) is 0 Å². The molecule has 0 saturated carbocycles. The van der Waals surface area contributed by atoms with Gasteiger partial charge in [0, 0.05) is 29.9 Å². The molecule has 0 bridgehead atoms. The Morgan fingerprint density at radius 1 is 1.22 bits per heavy atom. The molecule has 0 aliphatic carbocycles. The van der Waals surface area contributed by atoms with Gasteiger partial charge < -0.3 is 11.1 Å². The number of aliphatic imine (C=N–C) groups is 1. The summed E-state index contributed by atoms with van der Waals surface area (Å²) >= 11 is 1.33. The van der Waals surface area contributed by atoms with Gasteiger partial charge in [-0.25, -0.2) is 9.38 Å². The minimum absolute atomic E-state index is 0.188. The molecule has 3 rings (SSSR count). The minimum atomic E-state index is -4.55. The summed E-state index contributed by atoms with van der Waals surface area (Å²) < 4.78 is 52.6. The molecule has 0 spiro atoms. The molecule has 1 heterocycles. The molecule has 3 N–H and O–H groups in total. The molecule has 3 amide bonds. The Balaban J connectivity index is 2.08. The summed E-state index contributed by atoms with van der Waals surface area (Å²) in [6, 6.07) is 10.8. The number of anilines is 1. The lowest BCUT2D eigenvalue weighted by Gasteiger charge is -2.27. The first kappa shape index (κ1) is 28.2. The van der Waals surface area contributed by atoms with Crippen molar-refractivity contribution < 1.29 is 31.9 Å². The van der Waals surface area contributed by atoms with E-state index in [1.165, 1.54) is 34.9 Å². The van der Waals surface area contributed by atoms with Crippen LogP contribution >= 0.6 is 11.8 Å². The summed E-state index contributed by atoms with van der Waals surface area (Å²) in [5.74, 6) is -4.31. The normalized spacial score (nSPS) is 16.5. The van der Waals surface area contributed by atoms with E-state index in [-0.39, 0.29) is 11.6 Å². The van der Waals surface area contributed by atoms with Gasteiger partial charge in [0.25, 0.3) is 5.91 Å². The average molecular weight is 539 g/mol. The van der Waals surface area contributed by atoms with E-state index in [4.69, 9.17) is 5.73 Å². The molecule has 37 heavy (non-hydrogen) atoms. The lowest BCUT2D eigenvalue weighted by molar-refractivity contribution is -0.143. The van der Waals surface area contributed by atoms with Crippen LogP contribution in [0.1, 0.15) is 36.0 Å². The lowest BCUT2D eigenvalue weighted by Crippen LogP contribution is -2.49. The fourth-order valence-electron chi connectivity index (χ4n) is 4.10. The second-order valence-electron chi connectivity index (χ2n) is 8.58. The van der Waals surface area contributed by atoms with E-state index < -0.39 is 61.1 Å². The zero-order valence-electron chi connectivity index (χ0n) is 20.1. The Kier molecular flexibility index (Phi) is 8.95. The number of benzodiazepines with no additional fused rings is 1. The number of benzene rings is 2. The number of hydrogen-bond acceptors (Lipinski definition) is 5. The maximum atomic E-state index is 14.1. The van der Waals surface area contributed by atoms with Crippen LogP contribution in [0.3, 0.4) is 0 Å². The molecule has 2 aromatic carbocycles. The fourth-order valence-corrected chi connectivity index (χ4v) is 4.61. The molecule has 0 unspecified atom stereocenters. The van der Waals surface area contributed by atoms with Gasteiger partial charge in [0.15, 0.2) is 0 Å². The summed E-state index contributed by atoms with van der Waals surface area (Å²) in [6.45, 7) is 1.79. The molecule has 0 radical (unpaired) electrons. The van der Waals surface area contributed by atoms with Gasteiger partial charge in [-0.05, 0) is 37.3 Å². The minimum Gasteiger partial charge on any atom is -0.370 e. The predicted octanol–water partition coefficient (Wildman–Crippen LogP) is 3.92. The summed E-state index contributed by atoms with van der Waals surface area (Å²) in [5.41, 5.74) is 7.50. The second kappa shape index (κ2) is 11.8. The molecule has 1 aliphatic heterocycles. The van der Waals surface area contributed by atoms with Gasteiger partial charge in [0.2, 0.25) is 18.0 Å². The topological polar surface area (TPSA) is 105 Å². The maximum Gasteiger partial charge on any atom is 0.389 e. The predicted molar refractivity (Wildman–Crippen MR) is 134 cm³/mol. The van der Waals surface area contributed by atoms with Crippen molar-refractivity contribution in [2.24, 2.45) is 16.6 Å². The molecule has 0 aromatic heterocycles. The van der Waals surface area contributed by atoms with Gasteiger partial charge in [-0.2, -0.15) is 13.2 Å². The highest BCUT2D eigenvalue weighted by Crippen LogP contribution is 2.33. The number of alkyl halides is 3. The molecular formula is C25H26F4N4O3S. The number of nitrogens with zero attached hydrogens (tertiary/aromatic N) is 2. The van der Waals surface area contributed by atoms with Crippen LogP contribution in [0, 0.1) is 18.7 Å². The number of thioether (sulfide) groups is 1. The Hall–Kier alpha value is -3.41. The number of carbonyl (C=O) groups excluding carboxylic acids is 3. The van der Waals surface area contributed by atoms with Gasteiger partial charge in [-0.15, -0.1) is 11.8 Å². The second-order valence-corrected chi connectivity index (χ2v) is 9.41. The number of para-hydroxylation sites is 1. The number of hydrogen-bond donors (Lipinski definition) is 2. The van der Waals surface area contributed by atoms with Crippen molar-refractivity contribution >= 4 is 40.9 Å². The monoisotopic (exact) mass is 538 g/mol. The van der Waals surface area contributed by atoms with E-state index in [0.717, 1.165) is 5.56 Å². The highest BCUT2D eigenvalue weighted by atomic mass is 32.2. The summed E-state index contributed by atoms with van der Waals surface area (Å²) in [7, 11) is 0. The highest BCUT2D eigenvalue weighted by Gasteiger charge is 2.36. The van der Waals surface area contributed by atoms with Crippen molar-refractivity contribution in [1.82, 2.24) is 5.32 Å². The Morgan fingerprint density at radius 3 is 2.54 bits per heavy atom. The van der Waals surface area contributed by atoms with E-state index in [2.05, 4.69) is 10.3 Å². The third kappa shape index (κ3) is 7.09. The molecule has 12 heteroatoms. The largest absolute Gasteiger partial charge is 0.389 e. The van der Waals surface area contributed by atoms with E-state index >= 15 is 0 Å². The molecule has 198 valence electrons. The van der Waals surface area contributed by atoms with Crippen LogP contribution in [0.4, 0.5) is 23.2 Å². The van der Waals surface area contributed by atoms with Crippen LogP contribution in [0.15, 0.2) is 47.5 Å².